The van der Waals surface area contributed by atoms with Crippen molar-refractivity contribution in [2.75, 3.05) is 29.9 Å². The molecule has 1 aliphatic heterocycles. The summed E-state index contributed by atoms with van der Waals surface area (Å²) in [6.07, 6.45) is 2.12. The van der Waals surface area contributed by atoms with Crippen LogP contribution in [0.4, 0.5) is 16.2 Å². The molecule has 1 aromatic heterocycles. The van der Waals surface area contributed by atoms with Crippen molar-refractivity contribution in [3.63, 3.8) is 0 Å². The summed E-state index contributed by atoms with van der Waals surface area (Å²) in [4.78, 5) is 11.4. The third-order valence-electron chi connectivity index (χ3n) is 4.03. The van der Waals surface area contributed by atoms with E-state index in [0.717, 1.165) is 47.8 Å². The van der Waals surface area contributed by atoms with Crippen molar-refractivity contribution in [2.24, 2.45) is 0 Å². The summed E-state index contributed by atoms with van der Waals surface area (Å²) in [5.74, 6) is 1.41. The van der Waals surface area contributed by atoms with E-state index in [4.69, 9.17) is 0 Å². The van der Waals surface area contributed by atoms with Gasteiger partial charge in [0, 0.05) is 25.2 Å². The average molecular weight is 312 g/mol. The topological polar surface area (TPSA) is 41.1 Å². The Balaban J connectivity index is 2.07. The minimum atomic E-state index is -0.215. The molecule has 120 valence electrons. The van der Waals surface area contributed by atoms with Gasteiger partial charge in [0.15, 0.2) is 0 Å². The number of rotatable bonds is 4. The lowest BCUT2D eigenvalue weighted by Crippen LogP contribution is -2.30. The van der Waals surface area contributed by atoms with Gasteiger partial charge in [-0.1, -0.05) is 12.1 Å². The molecule has 0 unspecified atom stereocenters. The molecule has 1 aliphatic rings. The highest BCUT2D eigenvalue weighted by molar-refractivity contribution is 5.90. The molecule has 1 aromatic carbocycles. The van der Waals surface area contributed by atoms with Crippen LogP contribution in [0.5, 0.6) is 0 Å². The molecular formula is C18H21FN4. The number of halogens is 1. The maximum Gasteiger partial charge on any atom is 0.224 e. The molecule has 0 saturated carbocycles. The Hall–Kier alpha value is -2.43. The number of likely N-dealkylation sites (N-methyl/N-ethyl adjacent to an activating group) is 1. The smallest absolute Gasteiger partial charge is 0.224 e. The molecule has 0 atom stereocenters. The van der Waals surface area contributed by atoms with Crippen molar-refractivity contribution < 1.29 is 4.39 Å². The van der Waals surface area contributed by atoms with Gasteiger partial charge in [0.1, 0.15) is 11.6 Å². The third kappa shape index (κ3) is 3.04. The maximum absolute atomic E-state index is 13.2. The van der Waals surface area contributed by atoms with Gasteiger partial charge in [-0.05, 0) is 50.1 Å². The molecule has 3 rings (SSSR count). The van der Waals surface area contributed by atoms with Crippen molar-refractivity contribution in [1.82, 2.24) is 9.97 Å². The van der Waals surface area contributed by atoms with E-state index in [9.17, 15) is 4.39 Å². The predicted molar refractivity (Wildman–Crippen MR) is 93.1 cm³/mol. The van der Waals surface area contributed by atoms with E-state index in [2.05, 4.69) is 33.2 Å². The van der Waals surface area contributed by atoms with Crippen LogP contribution < -0.4 is 10.2 Å². The lowest BCUT2D eigenvalue weighted by atomic mass is 9.98. The number of nitrogens with zero attached hydrogens (tertiary/aromatic N) is 3. The Morgan fingerprint density at radius 2 is 1.91 bits per heavy atom. The van der Waals surface area contributed by atoms with Crippen LogP contribution >= 0.6 is 0 Å². The Morgan fingerprint density at radius 1 is 1.17 bits per heavy atom. The molecule has 0 amide bonds. The quantitative estimate of drug-likeness (QED) is 0.934. The van der Waals surface area contributed by atoms with Gasteiger partial charge >= 0.3 is 0 Å². The summed E-state index contributed by atoms with van der Waals surface area (Å²) < 4.78 is 13.2. The molecule has 1 N–H and O–H groups in total. The van der Waals surface area contributed by atoms with Gasteiger partial charge in [0.05, 0.1) is 5.69 Å². The van der Waals surface area contributed by atoms with Crippen LogP contribution in [0.25, 0.3) is 11.6 Å². The molecule has 2 aromatic rings. The first-order valence-corrected chi connectivity index (χ1v) is 7.96. The molecule has 2 heterocycles. The molecule has 0 saturated heterocycles. The van der Waals surface area contributed by atoms with Gasteiger partial charge in [-0.15, -0.1) is 0 Å². The summed E-state index contributed by atoms with van der Waals surface area (Å²) in [7, 11) is 0. The summed E-state index contributed by atoms with van der Waals surface area (Å²) in [6, 6.07) is 6.64. The molecule has 4 nitrogen and oxygen atoms in total. The van der Waals surface area contributed by atoms with Crippen molar-refractivity contribution in [3.05, 3.63) is 46.9 Å². The first-order chi connectivity index (χ1) is 11.1. The number of aromatic nitrogens is 2. The number of benzene rings is 1. The number of aryl methyl sites for hydroxylation is 1. The van der Waals surface area contributed by atoms with E-state index < -0.39 is 0 Å². The number of nitrogens with one attached hydrogen (secondary N) is 1. The average Bonchev–Trinajstić information content (AvgIpc) is 2.55. The van der Waals surface area contributed by atoms with Crippen LogP contribution in [0.1, 0.15) is 30.7 Å². The van der Waals surface area contributed by atoms with Gasteiger partial charge in [0.25, 0.3) is 0 Å². The van der Waals surface area contributed by atoms with Gasteiger partial charge in [-0.2, -0.15) is 4.98 Å². The van der Waals surface area contributed by atoms with Gasteiger partial charge in [-0.25, -0.2) is 9.37 Å². The number of anilines is 2. The third-order valence-corrected chi connectivity index (χ3v) is 4.03. The fourth-order valence-electron chi connectivity index (χ4n) is 2.81. The van der Waals surface area contributed by atoms with E-state index in [0.29, 0.717) is 5.95 Å². The molecule has 0 spiro atoms. The lowest BCUT2D eigenvalue weighted by molar-refractivity contribution is 0.627. The van der Waals surface area contributed by atoms with E-state index in [1.54, 1.807) is 0 Å². The van der Waals surface area contributed by atoms with Crippen LogP contribution in [-0.4, -0.2) is 29.6 Å². The fourth-order valence-corrected chi connectivity index (χ4v) is 2.81. The largest absolute Gasteiger partial charge is 0.354 e. The predicted octanol–water partition coefficient (Wildman–Crippen LogP) is 3.74. The van der Waals surface area contributed by atoms with Gasteiger partial charge in [0.2, 0.25) is 5.95 Å². The van der Waals surface area contributed by atoms with E-state index in [-0.39, 0.29) is 5.82 Å². The Labute approximate surface area is 136 Å². The molecule has 0 fully saturated rings. The van der Waals surface area contributed by atoms with Crippen molar-refractivity contribution in [3.8, 4) is 0 Å². The second kappa shape index (κ2) is 6.36. The Bertz CT molecular complexity index is 737. The summed E-state index contributed by atoms with van der Waals surface area (Å²) >= 11 is 0. The number of hydrogen-bond donors (Lipinski definition) is 1. The lowest BCUT2D eigenvalue weighted by Gasteiger charge is -2.30. The van der Waals surface area contributed by atoms with Crippen molar-refractivity contribution in [1.29, 1.82) is 0 Å². The molecular weight excluding hydrogens is 291 g/mol. The minimum absolute atomic E-state index is 0.215. The monoisotopic (exact) mass is 312 g/mol. The van der Waals surface area contributed by atoms with E-state index in [1.807, 2.05) is 26.0 Å². The molecule has 0 radical (unpaired) electrons. The minimum Gasteiger partial charge on any atom is -0.354 e. The highest BCUT2D eigenvalue weighted by atomic mass is 19.1. The van der Waals surface area contributed by atoms with Crippen LogP contribution in [0.3, 0.4) is 0 Å². The van der Waals surface area contributed by atoms with Crippen LogP contribution in [0.15, 0.2) is 24.3 Å². The summed E-state index contributed by atoms with van der Waals surface area (Å²) in [5.41, 5.74) is 4.18. The summed E-state index contributed by atoms with van der Waals surface area (Å²) in [6.45, 7) is 8.55. The normalized spacial score (nSPS) is 13.6. The second-order valence-corrected chi connectivity index (χ2v) is 5.59. The van der Waals surface area contributed by atoms with Gasteiger partial charge in [-0.3, -0.25) is 0 Å². The zero-order valence-electron chi connectivity index (χ0n) is 13.7. The Morgan fingerprint density at radius 3 is 2.57 bits per heavy atom. The van der Waals surface area contributed by atoms with Gasteiger partial charge < -0.3 is 10.2 Å². The van der Waals surface area contributed by atoms with E-state index in [1.165, 1.54) is 12.1 Å². The fraction of sp³-hybridized carbons (Fsp3) is 0.333. The van der Waals surface area contributed by atoms with Crippen LogP contribution in [0.2, 0.25) is 0 Å². The Kier molecular flexibility index (Phi) is 4.28. The first-order valence-electron chi connectivity index (χ1n) is 7.96. The standard InChI is InChI=1S/C18H21FN4/c1-4-20-18-21-12(3)16-10-14(11-23(5-2)17(16)22-18)13-6-8-15(19)9-7-13/h6-10H,4-5,11H2,1-3H3,(H,20,21,22). The van der Waals surface area contributed by atoms with Crippen molar-refractivity contribution in [2.45, 2.75) is 20.8 Å². The molecule has 23 heavy (non-hydrogen) atoms. The zero-order valence-corrected chi connectivity index (χ0v) is 13.7. The highest BCUT2D eigenvalue weighted by Gasteiger charge is 2.22. The maximum atomic E-state index is 13.2. The highest BCUT2D eigenvalue weighted by Crippen LogP contribution is 2.33. The van der Waals surface area contributed by atoms with Crippen LogP contribution in [-0.2, 0) is 0 Å². The van der Waals surface area contributed by atoms with E-state index >= 15 is 0 Å². The second-order valence-electron chi connectivity index (χ2n) is 5.59. The molecule has 5 heteroatoms. The SMILES string of the molecule is CCNc1nc(C)c2c(n1)N(CC)CC(c1ccc(F)cc1)=C2. The zero-order chi connectivity index (χ0) is 16.4. The van der Waals surface area contributed by atoms with Crippen molar-refractivity contribution >= 4 is 23.4 Å². The molecule has 0 aliphatic carbocycles. The number of fused-ring (bicyclic) bond motifs is 1. The first kappa shape index (κ1) is 15.5. The number of hydrogen-bond acceptors (Lipinski definition) is 4. The van der Waals surface area contributed by atoms with Crippen LogP contribution in [0, 0.1) is 12.7 Å². The summed E-state index contributed by atoms with van der Waals surface area (Å²) in [5, 5.41) is 3.18. The molecule has 0 bridgehead atoms.